The van der Waals surface area contributed by atoms with Gasteiger partial charge in [-0.25, -0.2) is 18.1 Å². The fourth-order valence-corrected chi connectivity index (χ4v) is 3.40. The summed E-state index contributed by atoms with van der Waals surface area (Å²) in [5.74, 6) is 0. The summed E-state index contributed by atoms with van der Waals surface area (Å²) in [6, 6.07) is 2.95. The van der Waals surface area contributed by atoms with Gasteiger partial charge in [-0.1, -0.05) is 24.9 Å². The van der Waals surface area contributed by atoms with Crippen LogP contribution in [0.15, 0.2) is 23.2 Å². The second-order valence-corrected chi connectivity index (χ2v) is 7.00. The van der Waals surface area contributed by atoms with Gasteiger partial charge in [0.25, 0.3) is 0 Å². The summed E-state index contributed by atoms with van der Waals surface area (Å²) in [6.07, 6.45) is 5.69. The van der Waals surface area contributed by atoms with E-state index in [-0.39, 0.29) is 15.5 Å². The van der Waals surface area contributed by atoms with Crippen LogP contribution in [0.5, 0.6) is 0 Å². The van der Waals surface area contributed by atoms with E-state index in [4.69, 9.17) is 11.6 Å². The van der Waals surface area contributed by atoms with Gasteiger partial charge in [-0.3, -0.25) is 0 Å². The largest absolute Gasteiger partial charge is 0.243 e. The first-order valence-electron chi connectivity index (χ1n) is 6.09. The normalized spacial score (nSPS) is 18.3. The predicted octanol–water partition coefficient (Wildman–Crippen LogP) is 2.59. The molecule has 18 heavy (non-hydrogen) atoms. The molecule has 100 valence electrons. The smallest absolute Gasteiger partial charge is 0.242 e. The van der Waals surface area contributed by atoms with Crippen LogP contribution in [0.3, 0.4) is 0 Å². The van der Waals surface area contributed by atoms with E-state index in [1.54, 1.807) is 0 Å². The van der Waals surface area contributed by atoms with Crippen molar-refractivity contribution in [1.29, 1.82) is 0 Å². The third-order valence-electron chi connectivity index (χ3n) is 3.81. The van der Waals surface area contributed by atoms with Gasteiger partial charge in [0, 0.05) is 12.7 Å². The molecule has 4 nitrogen and oxygen atoms in total. The van der Waals surface area contributed by atoms with E-state index < -0.39 is 10.0 Å². The molecule has 0 bridgehead atoms. The van der Waals surface area contributed by atoms with Crippen molar-refractivity contribution in [2.24, 2.45) is 5.41 Å². The summed E-state index contributed by atoms with van der Waals surface area (Å²) in [5.41, 5.74) is 0.160. The maximum Gasteiger partial charge on any atom is 0.242 e. The highest BCUT2D eigenvalue weighted by Gasteiger charge is 2.36. The third kappa shape index (κ3) is 2.84. The first-order chi connectivity index (χ1) is 8.47. The molecule has 0 radical (unpaired) electrons. The van der Waals surface area contributed by atoms with E-state index in [1.165, 1.54) is 24.8 Å². The summed E-state index contributed by atoms with van der Waals surface area (Å²) in [4.78, 5) is 3.95. The molecular formula is C12H17ClN2O2S. The minimum atomic E-state index is -3.47. The van der Waals surface area contributed by atoms with Gasteiger partial charge in [-0.05, 0) is 36.8 Å². The standard InChI is InChI=1S/C12H17ClN2O2S/c1-2-12(6-3-7-12)9-15-18(16,17)10-4-5-11(13)14-8-10/h4-5,8,15H,2-3,6-7,9H2,1H3. The zero-order valence-corrected chi connectivity index (χ0v) is 11.9. The lowest BCUT2D eigenvalue weighted by molar-refractivity contribution is 0.133. The van der Waals surface area contributed by atoms with Gasteiger partial charge in [0.15, 0.2) is 0 Å². The fraction of sp³-hybridized carbons (Fsp3) is 0.583. The Morgan fingerprint density at radius 3 is 2.61 bits per heavy atom. The Morgan fingerprint density at radius 1 is 1.44 bits per heavy atom. The number of aromatic nitrogens is 1. The van der Waals surface area contributed by atoms with Crippen molar-refractivity contribution in [1.82, 2.24) is 9.71 Å². The van der Waals surface area contributed by atoms with Crippen LogP contribution in [0.1, 0.15) is 32.6 Å². The van der Waals surface area contributed by atoms with Gasteiger partial charge >= 0.3 is 0 Å². The van der Waals surface area contributed by atoms with Crippen LogP contribution in [0.2, 0.25) is 5.15 Å². The average molecular weight is 289 g/mol. The minimum absolute atomic E-state index is 0.160. The molecule has 1 aliphatic carbocycles. The predicted molar refractivity (Wildman–Crippen MR) is 71.0 cm³/mol. The maximum absolute atomic E-state index is 12.1. The number of sulfonamides is 1. The van der Waals surface area contributed by atoms with Gasteiger partial charge in [0.1, 0.15) is 10.0 Å². The molecule has 0 unspecified atom stereocenters. The van der Waals surface area contributed by atoms with E-state index in [0.29, 0.717) is 6.54 Å². The average Bonchev–Trinajstić information content (AvgIpc) is 2.29. The van der Waals surface area contributed by atoms with Crippen LogP contribution in [0, 0.1) is 5.41 Å². The SMILES string of the molecule is CCC1(CNS(=O)(=O)c2ccc(Cl)nc2)CCC1. The molecule has 0 spiro atoms. The number of hydrogen-bond donors (Lipinski definition) is 1. The third-order valence-corrected chi connectivity index (χ3v) is 5.42. The molecule has 2 rings (SSSR count). The maximum atomic E-state index is 12.1. The molecule has 0 aliphatic heterocycles. The Morgan fingerprint density at radius 2 is 2.17 bits per heavy atom. The molecule has 0 atom stereocenters. The Kier molecular flexibility index (Phi) is 3.94. The minimum Gasteiger partial charge on any atom is -0.243 e. The number of rotatable bonds is 5. The summed E-state index contributed by atoms with van der Waals surface area (Å²) >= 11 is 5.64. The van der Waals surface area contributed by atoms with Gasteiger partial charge in [-0.15, -0.1) is 0 Å². The van der Waals surface area contributed by atoms with Crippen LogP contribution in [0.4, 0.5) is 0 Å². The van der Waals surface area contributed by atoms with Crippen molar-refractivity contribution in [3.8, 4) is 0 Å². The first-order valence-corrected chi connectivity index (χ1v) is 7.95. The molecule has 1 N–H and O–H groups in total. The number of pyridine rings is 1. The van der Waals surface area contributed by atoms with Gasteiger partial charge in [0.2, 0.25) is 10.0 Å². The van der Waals surface area contributed by atoms with Crippen molar-refractivity contribution in [2.75, 3.05) is 6.54 Å². The first kappa shape index (κ1) is 13.8. The highest BCUT2D eigenvalue weighted by Crippen LogP contribution is 2.43. The highest BCUT2D eigenvalue weighted by atomic mass is 35.5. The number of nitrogens with zero attached hydrogens (tertiary/aromatic N) is 1. The van der Waals surface area contributed by atoms with Crippen LogP contribution < -0.4 is 4.72 Å². The zero-order chi connectivity index (χ0) is 13.2. The molecule has 1 fully saturated rings. The molecule has 1 saturated carbocycles. The molecule has 1 aliphatic rings. The van der Waals surface area contributed by atoms with E-state index in [2.05, 4.69) is 16.6 Å². The van der Waals surface area contributed by atoms with Crippen LogP contribution in [-0.2, 0) is 10.0 Å². The molecule has 1 aromatic rings. The quantitative estimate of drug-likeness (QED) is 0.847. The summed E-state index contributed by atoms with van der Waals surface area (Å²) < 4.78 is 26.8. The summed E-state index contributed by atoms with van der Waals surface area (Å²) in [7, 11) is -3.47. The molecule has 1 aromatic heterocycles. The van der Waals surface area contributed by atoms with E-state index in [0.717, 1.165) is 19.3 Å². The molecule has 0 amide bonds. The molecule has 1 heterocycles. The van der Waals surface area contributed by atoms with Crippen molar-refractivity contribution >= 4 is 21.6 Å². The fourth-order valence-electron chi connectivity index (χ4n) is 2.18. The lowest BCUT2D eigenvalue weighted by Gasteiger charge is -2.41. The van der Waals surface area contributed by atoms with Crippen molar-refractivity contribution in [3.05, 3.63) is 23.5 Å². The van der Waals surface area contributed by atoms with Crippen LogP contribution >= 0.6 is 11.6 Å². The second kappa shape index (κ2) is 5.15. The molecule has 6 heteroatoms. The van der Waals surface area contributed by atoms with Crippen LogP contribution in [-0.4, -0.2) is 19.9 Å². The summed E-state index contributed by atoms with van der Waals surface area (Å²) in [5, 5.41) is 0.290. The van der Waals surface area contributed by atoms with E-state index >= 15 is 0 Å². The van der Waals surface area contributed by atoms with Gasteiger partial charge < -0.3 is 0 Å². The van der Waals surface area contributed by atoms with Gasteiger partial charge in [0.05, 0.1) is 0 Å². The Balaban J connectivity index is 2.05. The monoisotopic (exact) mass is 288 g/mol. The Bertz CT molecular complexity index is 504. The molecule has 0 aromatic carbocycles. The van der Waals surface area contributed by atoms with Crippen molar-refractivity contribution in [2.45, 2.75) is 37.5 Å². The number of halogens is 1. The van der Waals surface area contributed by atoms with E-state index in [1.807, 2.05) is 0 Å². The Labute approximate surface area is 113 Å². The van der Waals surface area contributed by atoms with E-state index in [9.17, 15) is 8.42 Å². The molecular weight excluding hydrogens is 272 g/mol. The zero-order valence-electron chi connectivity index (χ0n) is 10.3. The number of nitrogens with one attached hydrogen (secondary N) is 1. The lowest BCUT2D eigenvalue weighted by Crippen LogP contribution is -2.41. The topological polar surface area (TPSA) is 59.1 Å². The summed E-state index contributed by atoms with van der Waals surface area (Å²) in [6.45, 7) is 2.62. The highest BCUT2D eigenvalue weighted by molar-refractivity contribution is 7.89. The Hall–Kier alpha value is -0.650. The second-order valence-electron chi connectivity index (χ2n) is 4.85. The van der Waals surface area contributed by atoms with Crippen LogP contribution in [0.25, 0.3) is 0 Å². The van der Waals surface area contributed by atoms with Gasteiger partial charge in [-0.2, -0.15) is 0 Å². The molecule has 0 saturated heterocycles. The number of hydrogen-bond acceptors (Lipinski definition) is 3. The van der Waals surface area contributed by atoms with Crippen molar-refractivity contribution < 1.29 is 8.42 Å². The lowest BCUT2D eigenvalue weighted by atomic mass is 9.67. The van der Waals surface area contributed by atoms with Crippen molar-refractivity contribution in [3.63, 3.8) is 0 Å².